The average molecular weight is 319 g/mol. The van der Waals surface area contributed by atoms with Crippen LogP contribution in [0.25, 0.3) is 0 Å². The Morgan fingerprint density at radius 1 is 0.947 bits per heavy atom. The molecule has 0 saturated heterocycles. The molecular weight excluding hydrogens is 300 g/mol. The Labute approximate surface area is 123 Å². The van der Waals surface area contributed by atoms with E-state index in [0.717, 1.165) is 4.47 Å². The Balaban J connectivity index is 2.46. The van der Waals surface area contributed by atoms with Crippen molar-refractivity contribution in [2.24, 2.45) is 5.84 Å². The lowest BCUT2D eigenvalue weighted by molar-refractivity contribution is 0.635. The first-order valence-corrected chi connectivity index (χ1v) is 7.11. The molecule has 3 heteroatoms. The quantitative estimate of drug-likeness (QED) is 0.664. The van der Waals surface area contributed by atoms with Gasteiger partial charge in [0, 0.05) is 4.47 Å². The summed E-state index contributed by atoms with van der Waals surface area (Å²) in [5.74, 6) is 5.76. The standard InChI is InChI=1S/C16H19BrN2/c1-10-6-11(2)8-14(7-10)16(19-18)13-4-5-15(17)12(3)9-13/h4-9,16,19H,18H2,1-3H3. The van der Waals surface area contributed by atoms with Crippen molar-refractivity contribution in [3.63, 3.8) is 0 Å². The Morgan fingerprint density at radius 3 is 2.11 bits per heavy atom. The van der Waals surface area contributed by atoms with Gasteiger partial charge in [-0.05, 0) is 43.5 Å². The Morgan fingerprint density at radius 2 is 1.58 bits per heavy atom. The van der Waals surface area contributed by atoms with E-state index in [2.05, 4.69) is 78.5 Å². The summed E-state index contributed by atoms with van der Waals surface area (Å²) in [5.41, 5.74) is 9.01. The first-order valence-electron chi connectivity index (χ1n) is 6.31. The van der Waals surface area contributed by atoms with E-state index in [-0.39, 0.29) is 6.04 Å². The van der Waals surface area contributed by atoms with E-state index < -0.39 is 0 Å². The zero-order valence-corrected chi connectivity index (χ0v) is 13.1. The van der Waals surface area contributed by atoms with Gasteiger partial charge in [0.2, 0.25) is 0 Å². The second-order valence-corrected chi connectivity index (χ2v) is 5.88. The maximum absolute atomic E-state index is 5.76. The van der Waals surface area contributed by atoms with Gasteiger partial charge in [0.1, 0.15) is 0 Å². The van der Waals surface area contributed by atoms with Gasteiger partial charge in [-0.2, -0.15) is 0 Å². The number of rotatable bonds is 3. The fourth-order valence-corrected chi connectivity index (χ4v) is 2.66. The minimum atomic E-state index is 0.0189. The van der Waals surface area contributed by atoms with E-state index >= 15 is 0 Å². The molecule has 0 heterocycles. The minimum Gasteiger partial charge on any atom is -0.271 e. The van der Waals surface area contributed by atoms with Crippen molar-refractivity contribution < 1.29 is 0 Å². The average Bonchev–Trinajstić information content (AvgIpc) is 2.33. The molecule has 0 aliphatic carbocycles. The highest BCUT2D eigenvalue weighted by molar-refractivity contribution is 9.10. The summed E-state index contributed by atoms with van der Waals surface area (Å²) in [6.45, 7) is 6.30. The predicted molar refractivity (Wildman–Crippen MR) is 84.0 cm³/mol. The van der Waals surface area contributed by atoms with Crippen LogP contribution < -0.4 is 11.3 Å². The highest BCUT2D eigenvalue weighted by atomic mass is 79.9. The molecule has 0 bridgehead atoms. The second kappa shape index (κ2) is 5.87. The van der Waals surface area contributed by atoms with Crippen molar-refractivity contribution in [1.29, 1.82) is 0 Å². The van der Waals surface area contributed by atoms with Crippen molar-refractivity contribution in [1.82, 2.24) is 5.43 Å². The molecule has 0 fully saturated rings. The largest absolute Gasteiger partial charge is 0.271 e. The van der Waals surface area contributed by atoms with Crippen molar-refractivity contribution in [3.05, 3.63) is 68.7 Å². The molecule has 0 aromatic heterocycles. The third-order valence-corrected chi connectivity index (χ3v) is 4.15. The molecule has 2 aromatic rings. The van der Waals surface area contributed by atoms with Crippen molar-refractivity contribution in [2.75, 3.05) is 0 Å². The number of halogens is 1. The number of nitrogens with one attached hydrogen (secondary N) is 1. The van der Waals surface area contributed by atoms with Gasteiger partial charge < -0.3 is 0 Å². The Kier molecular flexibility index (Phi) is 4.40. The van der Waals surface area contributed by atoms with Crippen LogP contribution in [-0.4, -0.2) is 0 Å². The molecule has 0 aliphatic rings. The molecule has 0 amide bonds. The number of benzene rings is 2. The molecule has 0 aliphatic heterocycles. The summed E-state index contributed by atoms with van der Waals surface area (Å²) < 4.78 is 1.12. The van der Waals surface area contributed by atoms with Crippen LogP contribution in [-0.2, 0) is 0 Å². The molecule has 1 atom stereocenters. The van der Waals surface area contributed by atoms with Crippen molar-refractivity contribution >= 4 is 15.9 Å². The normalized spacial score (nSPS) is 12.5. The van der Waals surface area contributed by atoms with Gasteiger partial charge in [-0.3, -0.25) is 5.84 Å². The van der Waals surface area contributed by atoms with Gasteiger partial charge in [0.15, 0.2) is 0 Å². The Hall–Kier alpha value is -1.16. The van der Waals surface area contributed by atoms with Crippen LogP contribution in [0.1, 0.15) is 33.9 Å². The van der Waals surface area contributed by atoms with Gasteiger partial charge in [-0.15, -0.1) is 0 Å². The van der Waals surface area contributed by atoms with Gasteiger partial charge in [-0.1, -0.05) is 57.4 Å². The molecule has 2 aromatic carbocycles. The molecule has 0 saturated carbocycles. The number of hydrazine groups is 1. The van der Waals surface area contributed by atoms with E-state index in [1.54, 1.807) is 0 Å². The summed E-state index contributed by atoms with van der Waals surface area (Å²) in [5, 5.41) is 0. The van der Waals surface area contributed by atoms with Crippen LogP contribution in [0.5, 0.6) is 0 Å². The van der Waals surface area contributed by atoms with Crippen LogP contribution in [0.3, 0.4) is 0 Å². The van der Waals surface area contributed by atoms with Crippen LogP contribution in [0, 0.1) is 20.8 Å². The molecule has 2 nitrogen and oxygen atoms in total. The summed E-state index contributed by atoms with van der Waals surface area (Å²) in [6.07, 6.45) is 0. The van der Waals surface area contributed by atoms with E-state index in [0.29, 0.717) is 0 Å². The number of hydrogen-bond acceptors (Lipinski definition) is 2. The summed E-state index contributed by atoms with van der Waals surface area (Å²) in [4.78, 5) is 0. The zero-order valence-electron chi connectivity index (χ0n) is 11.5. The fourth-order valence-electron chi connectivity index (χ4n) is 2.41. The van der Waals surface area contributed by atoms with Crippen LogP contribution in [0.4, 0.5) is 0 Å². The second-order valence-electron chi connectivity index (χ2n) is 5.03. The molecule has 1 unspecified atom stereocenters. The maximum Gasteiger partial charge on any atom is 0.0710 e. The van der Waals surface area contributed by atoms with Crippen LogP contribution in [0.15, 0.2) is 40.9 Å². The smallest absolute Gasteiger partial charge is 0.0710 e. The molecule has 100 valence electrons. The van der Waals surface area contributed by atoms with Crippen LogP contribution >= 0.6 is 15.9 Å². The lowest BCUT2D eigenvalue weighted by Crippen LogP contribution is -2.29. The topological polar surface area (TPSA) is 38.0 Å². The fraction of sp³-hybridized carbons (Fsp3) is 0.250. The van der Waals surface area contributed by atoms with Gasteiger partial charge in [0.25, 0.3) is 0 Å². The third-order valence-electron chi connectivity index (χ3n) is 3.26. The first-order chi connectivity index (χ1) is 9.01. The van der Waals surface area contributed by atoms with Crippen molar-refractivity contribution in [3.8, 4) is 0 Å². The lowest BCUT2D eigenvalue weighted by Gasteiger charge is -2.19. The van der Waals surface area contributed by atoms with E-state index in [9.17, 15) is 0 Å². The monoisotopic (exact) mass is 318 g/mol. The highest BCUT2D eigenvalue weighted by Crippen LogP contribution is 2.26. The Bertz CT molecular complexity index is 573. The minimum absolute atomic E-state index is 0.0189. The predicted octanol–water partition coefficient (Wildman–Crippen LogP) is 3.93. The molecule has 2 rings (SSSR count). The van der Waals surface area contributed by atoms with E-state index in [1.165, 1.54) is 27.8 Å². The molecule has 0 spiro atoms. The maximum atomic E-state index is 5.76. The highest BCUT2D eigenvalue weighted by Gasteiger charge is 2.13. The summed E-state index contributed by atoms with van der Waals surface area (Å²) >= 11 is 3.53. The molecule has 3 N–H and O–H groups in total. The molecule has 19 heavy (non-hydrogen) atoms. The van der Waals surface area contributed by atoms with E-state index in [1.807, 2.05) is 0 Å². The first kappa shape index (κ1) is 14.3. The van der Waals surface area contributed by atoms with Gasteiger partial charge in [0.05, 0.1) is 6.04 Å². The lowest BCUT2D eigenvalue weighted by atomic mass is 9.95. The SMILES string of the molecule is Cc1cc(C)cc(C(NN)c2ccc(Br)c(C)c2)c1. The van der Waals surface area contributed by atoms with Crippen LogP contribution in [0.2, 0.25) is 0 Å². The zero-order chi connectivity index (χ0) is 14.0. The molecule has 0 radical (unpaired) electrons. The number of aryl methyl sites for hydroxylation is 3. The number of hydrogen-bond donors (Lipinski definition) is 2. The third kappa shape index (κ3) is 3.24. The van der Waals surface area contributed by atoms with Gasteiger partial charge >= 0.3 is 0 Å². The van der Waals surface area contributed by atoms with E-state index in [4.69, 9.17) is 5.84 Å². The summed E-state index contributed by atoms with van der Waals surface area (Å²) in [6, 6.07) is 12.9. The summed E-state index contributed by atoms with van der Waals surface area (Å²) in [7, 11) is 0. The van der Waals surface area contributed by atoms with Crippen molar-refractivity contribution in [2.45, 2.75) is 26.8 Å². The molecular formula is C16H19BrN2. The van der Waals surface area contributed by atoms with Gasteiger partial charge in [-0.25, -0.2) is 5.43 Å². The number of nitrogens with two attached hydrogens (primary N) is 1.